The normalized spacial score (nSPS) is 11.1. The number of hydrogen-bond acceptors (Lipinski definition) is 3. The summed E-state index contributed by atoms with van der Waals surface area (Å²) in [5, 5.41) is 10.6. The van der Waals surface area contributed by atoms with Crippen molar-refractivity contribution in [2.24, 2.45) is 0 Å². The fourth-order valence-corrected chi connectivity index (χ4v) is 2.05. The molecule has 17 heavy (non-hydrogen) atoms. The number of para-hydroxylation sites is 1. The lowest BCUT2D eigenvalue weighted by Crippen LogP contribution is -2.02. The van der Waals surface area contributed by atoms with Gasteiger partial charge in [-0.05, 0) is 24.3 Å². The highest BCUT2D eigenvalue weighted by molar-refractivity contribution is 6.35. The van der Waals surface area contributed by atoms with Crippen LogP contribution in [-0.4, -0.2) is 5.11 Å². The molecule has 3 rings (SSSR count). The Morgan fingerprint density at radius 2 is 1.88 bits per heavy atom. The molecule has 0 radical (unpaired) electrons. The van der Waals surface area contributed by atoms with Crippen LogP contribution in [0.2, 0.25) is 5.02 Å². The Morgan fingerprint density at radius 1 is 1.12 bits per heavy atom. The van der Waals surface area contributed by atoms with Crippen molar-refractivity contribution in [2.75, 3.05) is 0 Å². The van der Waals surface area contributed by atoms with Crippen molar-refractivity contribution in [1.82, 2.24) is 0 Å². The molecule has 3 aromatic rings. The summed E-state index contributed by atoms with van der Waals surface area (Å²) in [5.41, 5.74) is 0.398. The third-order valence-electron chi connectivity index (χ3n) is 2.66. The minimum atomic E-state index is -0.276. The van der Waals surface area contributed by atoms with E-state index in [-0.39, 0.29) is 22.1 Å². The van der Waals surface area contributed by atoms with Gasteiger partial charge in [0.2, 0.25) is 5.43 Å². The van der Waals surface area contributed by atoms with Crippen molar-refractivity contribution in [3.8, 4) is 5.75 Å². The molecule has 4 heteroatoms. The molecule has 0 aliphatic carbocycles. The van der Waals surface area contributed by atoms with Gasteiger partial charge in [-0.1, -0.05) is 23.7 Å². The molecule has 84 valence electrons. The Hall–Kier alpha value is -2.00. The number of fused-ring (bicyclic) bond motifs is 2. The zero-order chi connectivity index (χ0) is 12.0. The molecule has 0 fully saturated rings. The lowest BCUT2D eigenvalue weighted by atomic mass is 10.1. The molecule has 0 unspecified atom stereocenters. The van der Waals surface area contributed by atoms with Gasteiger partial charge in [-0.25, -0.2) is 0 Å². The number of aromatic hydroxyl groups is 1. The number of halogens is 1. The van der Waals surface area contributed by atoms with E-state index in [0.717, 1.165) is 0 Å². The fourth-order valence-electron chi connectivity index (χ4n) is 1.85. The van der Waals surface area contributed by atoms with Crippen molar-refractivity contribution in [3.63, 3.8) is 0 Å². The lowest BCUT2D eigenvalue weighted by molar-refractivity contribution is 0.480. The molecule has 1 aromatic heterocycles. The summed E-state index contributed by atoms with van der Waals surface area (Å²) in [7, 11) is 0. The molecule has 0 saturated carbocycles. The first-order valence-corrected chi connectivity index (χ1v) is 5.39. The summed E-state index contributed by atoms with van der Waals surface area (Å²) in [6.07, 6.45) is 0. The van der Waals surface area contributed by atoms with E-state index in [2.05, 4.69) is 0 Å². The minimum Gasteiger partial charge on any atom is -0.507 e. The predicted molar refractivity (Wildman–Crippen MR) is 66.7 cm³/mol. The van der Waals surface area contributed by atoms with Crippen LogP contribution in [0.4, 0.5) is 0 Å². The van der Waals surface area contributed by atoms with E-state index < -0.39 is 0 Å². The second-order valence-electron chi connectivity index (χ2n) is 3.70. The number of rotatable bonds is 0. The molecule has 1 heterocycles. The Labute approximate surface area is 101 Å². The number of hydrogen-bond donors (Lipinski definition) is 1. The Kier molecular flexibility index (Phi) is 2.09. The monoisotopic (exact) mass is 246 g/mol. The van der Waals surface area contributed by atoms with Gasteiger partial charge >= 0.3 is 0 Å². The first-order chi connectivity index (χ1) is 8.18. The van der Waals surface area contributed by atoms with Gasteiger partial charge in [0, 0.05) is 0 Å². The van der Waals surface area contributed by atoms with Crippen molar-refractivity contribution in [3.05, 3.63) is 51.6 Å². The van der Waals surface area contributed by atoms with Gasteiger partial charge in [0.25, 0.3) is 0 Å². The summed E-state index contributed by atoms with van der Waals surface area (Å²) in [6, 6.07) is 9.74. The Balaban J connectivity index is 2.69. The van der Waals surface area contributed by atoms with Gasteiger partial charge in [0.15, 0.2) is 5.58 Å². The average Bonchev–Trinajstić information content (AvgIpc) is 2.34. The van der Waals surface area contributed by atoms with E-state index in [1.165, 1.54) is 12.1 Å². The summed E-state index contributed by atoms with van der Waals surface area (Å²) in [4.78, 5) is 12.2. The van der Waals surface area contributed by atoms with Crippen LogP contribution in [0.25, 0.3) is 21.9 Å². The smallest absolute Gasteiger partial charge is 0.204 e. The molecule has 0 saturated heterocycles. The highest BCUT2D eigenvalue weighted by Crippen LogP contribution is 2.30. The quantitative estimate of drug-likeness (QED) is 0.619. The van der Waals surface area contributed by atoms with E-state index in [1.807, 2.05) is 0 Å². The maximum absolute atomic E-state index is 12.2. The summed E-state index contributed by atoms with van der Waals surface area (Å²) < 4.78 is 5.55. The van der Waals surface area contributed by atoms with Crippen LogP contribution in [0.5, 0.6) is 5.75 Å². The number of phenolic OH excluding ortho intramolecular Hbond substituents is 1. The number of benzene rings is 2. The molecule has 0 bridgehead atoms. The van der Waals surface area contributed by atoms with E-state index in [4.69, 9.17) is 16.0 Å². The van der Waals surface area contributed by atoms with Gasteiger partial charge in [-0.15, -0.1) is 0 Å². The van der Waals surface area contributed by atoms with Crippen molar-refractivity contribution < 1.29 is 9.52 Å². The minimum absolute atomic E-state index is 0.121. The molecule has 0 aliphatic heterocycles. The molecule has 1 N–H and O–H groups in total. The maximum atomic E-state index is 12.2. The fraction of sp³-hybridized carbons (Fsp3) is 0. The summed E-state index contributed by atoms with van der Waals surface area (Å²) in [5.74, 6) is -0.121. The number of phenols is 1. The van der Waals surface area contributed by atoms with Crippen LogP contribution >= 0.6 is 11.6 Å². The van der Waals surface area contributed by atoms with Crippen molar-refractivity contribution >= 4 is 33.5 Å². The highest BCUT2D eigenvalue weighted by Gasteiger charge is 2.13. The first-order valence-electron chi connectivity index (χ1n) is 5.01. The molecular weight excluding hydrogens is 240 g/mol. The van der Waals surface area contributed by atoms with Crippen LogP contribution in [-0.2, 0) is 0 Å². The topological polar surface area (TPSA) is 50.4 Å². The molecule has 3 nitrogen and oxygen atoms in total. The van der Waals surface area contributed by atoms with Gasteiger partial charge < -0.3 is 9.52 Å². The van der Waals surface area contributed by atoms with Crippen LogP contribution in [0.15, 0.2) is 45.6 Å². The van der Waals surface area contributed by atoms with Crippen molar-refractivity contribution in [2.45, 2.75) is 0 Å². The summed E-state index contributed by atoms with van der Waals surface area (Å²) >= 11 is 5.96. The largest absolute Gasteiger partial charge is 0.507 e. The van der Waals surface area contributed by atoms with Crippen LogP contribution < -0.4 is 5.43 Å². The van der Waals surface area contributed by atoms with Gasteiger partial charge in [-0.3, -0.25) is 4.79 Å². The molecule has 2 aromatic carbocycles. The average molecular weight is 247 g/mol. The molecule has 0 spiro atoms. The van der Waals surface area contributed by atoms with Crippen molar-refractivity contribution in [1.29, 1.82) is 0 Å². The van der Waals surface area contributed by atoms with E-state index in [0.29, 0.717) is 16.0 Å². The van der Waals surface area contributed by atoms with Gasteiger partial charge in [-0.2, -0.15) is 0 Å². The lowest BCUT2D eigenvalue weighted by Gasteiger charge is -2.04. The zero-order valence-electron chi connectivity index (χ0n) is 8.61. The third-order valence-corrected chi connectivity index (χ3v) is 2.96. The molecule has 0 aliphatic rings. The predicted octanol–water partition coefficient (Wildman–Crippen LogP) is 3.31. The SMILES string of the molecule is O=c1c2ccccc2oc2c(Cl)ccc(O)c12. The second-order valence-corrected chi connectivity index (χ2v) is 4.11. The second kappa shape index (κ2) is 3.50. The standard InChI is InChI=1S/C13H7ClO3/c14-8-5-6-9(15)11-12(16)7-3-1-2-4-10(7)17-13(8)11/h1-6,15H. The summed E-state index contributed by atoms with van der Waals surface area (Å²) in [6.45, 7) is 0. The third kappa shape index (κ3) is 1.40. The molecular formula is C13H7ClO3. The van der Waals surface area contributed by atoms with Crippen LogP contribution in [0.1, 0.15) is 0 Å². The van der Waals surface area contributed by atoms with Gasteiger partial charge in [0.05, 0.1) is 10.4 Å². The van der Waals surface area contributed by atoms with Crippen LogP contribution in [0, 0.1) is 0 Å². The molecule has 0 atom stereocenters. The van der Waals surface area contributed by atoms with E-state index >= 15 is 0 Å². The highest BCUT2D eigenvalue weighted by atomic mass is 35.5. The van der Waals surface area contributed by atoms with Crippen LogP contribution in [0.3, 0.4) is 0 Å². The maximum Gasteiger partial charge on any atom is 0.204 e. The van der Waals surface area contributed by atoms with E-state index in [1.54, 1.807) is 24.3 Å². The first kappa shape index (κ1) is 10.2. The van der Waals surface area contributed by atoms with Gasteiger partial charge in [0.1, 0.15) is 16.7 Å². The zero-order valence-corrected chi connectivity index (χ0v) is 9.36. The Bertz CT molecular complexity index is 790. The Morgan fingerprint density at radius 3 is 2.71 bits per heavy atom. The van der Waals surface area contributed by atoms with E-state index in [9.17, 15) is 9.90 Å². The molecule has 0 amide bonds.